The highest BCUT2D eigenvalue weighted by molar-refractivity contribution is 7.12. The Morgan fingerprint density at radius 2 is 2.11 bits per heavy atom. The lowest BCUT2D eigenvalue weighted by molar-refractivity contribution is 0.100. The molecule has 0 radical (unpaired) electrons. The van der Waals surface area contributed by atoms with Gasteiger partial charge in [-0.15, -0.1) is 11.3 Å². The van der Waals surface area contributed by atoms with E-state index in [9.17, 15) is 4.79 Å². The van der Waals surface area contributed by atoms with Crippen LogP contribution < -0.4 is 16.8 Å². The summed E-state index contributed by atoms with van der Waals surface area (Å²) in [5.41, 5.74) is 14.1. The van der Waals surface area contributed by atoms with E-state index in [0.717, 1.165) is 0 Å². The molecule has 0 fully saturated rings. The number of carbonyl (C=O) groups excluding carboxylic acids is 1. The van der Waals surface area contributed by atoms with Crippen LogP contribution in [-0.4, -0.2) is 5.91 Å². The Labute approximate surface area is 116 Å². The summed E-state index contributed by atoms with van der Waals surface area (Å²) >= 11 is 1.73. The SMILES string of the molecule is Cc1cc(CNc2c(N)cccc2C(N)=O)sc1C. The average Bonchev–Trinajstić information content (AvgIpc) is 2.67. The lowest BCUT2D eigenvalue weighted by Crippen LogP contribution is -2.15. The number of nitrogens with one attached hydrogen (secondary N) is 1. The normalized spacial score (nSPS) is 10.4. The minimum absolute atomic E-state index is 0.421. The quantitative estimate of drug-likeness (QED) is 0.750. The maximum absolute atomic E-state index is 11.4. The molecular formula is C14H17N3OS. The maximum Gasteiger partial charge on any atom is 0.250 e. The van der Waals surface area contributed by atoms with Crippen LogP contribution in [-0.2, 0) is 6.54 Å². The number of thiophene rings is 1. The fraction of sp³-hybridized carbons (Fsp3) is 0.214. The Morgan fingerprint density at radius 1 is 1.37 bits per heavy atom. The number of benzene rings is 1. The van der Waals surface area contributed by atoms with Crippen molar-refractivity contribution in [1.82, 2.24) is 0 Å². The molecule has 0 saturated heterocycles. The van der Waals surface area contributed by atoms with Gasteiger partial charge in [0.1, 0.15) is 0 Å². The summed E-state index contributed by atoms with van der Waals surface area (Å²) in [5, 5.41) is 3.20. The highest BCUT2D eigenvalue weighted by Gasteiger charge is 2.11. The molecule has 100 valence electrons. The van der Waals surface area contributed by atoms with Gasteiger partial charge in [0.25, 0.3) is 5.91 Å². The Morgan fingerprint density at radius 3 is 2.68 bits per heavy atom. The van der Waals surface area contributed by atoms with Crippen LogP contribution in [0, 0.1) is 13.8 Å². The Bertz CT molecular complexity index is 600. The third-order valence-corrected chi connectivity index (χ3v) is 4.17. The van der Waals surface area contributed by atoms with Gasteiger partial charge < -0.3 is 16.8 Å². The van der Waals surface area contributed by atoms with Gasteiger partial charge in [0.05, 0.1) is 16.9 Å². The fourth-order valence-electron chi connectivity index (χ4n) is 1.89. The third-order valence-electron chi connectivity index (χ3n) is 3.02. The van der Waals surface area contributed by atoms with Crippen LogP contribution in [0.1, 0.15) is 25.7 Å². The fourth-order valence-corrected chi connectivity index (χ4v) is 2.88. The number of primary amides is 1. The molecule has 0 spiro atoms. The lowest BCUT2D eigenvalue weighted by Gasteiger charge is -2.11. The molecule has 0 atom stereocenters. The van der Waals surface area contributed by atoms with E-state index in [4.69, 9.17) is 11.5 Å². The van der Waals surface area contributed by atoms with Crippen molar-refractivity contribution in [3.05, 3.63) is 45.1 Å². The molecule has 2 aromatic rings. The van der Waals surface area contributed by atoms with Gasteiger partial charge in [-0.3, -0.25) is 4.79 Å². The largest absolute Gasteiger partial charge is 0.397 e. The van der Waals surface area contributed by atoms with Crippen molar-refractivity contribution in [2.45, 2.75) is 20.4 Å². The average molecular weight is 275 g/mol. The molecule has 0 saturated carbocycles. The van der Waals surface area contributed by atoms with Crippen LogP contribution >= 0.6 is 11.3 Å². The number of anilines is 2. The molecule has 1 heterocycles. The van der Waals surface area contributed by atoms with Gasteiger partial charge in [0.15, 0.2) is 0 Å². The number of aryl methyl sites for hydroxylation is 2. The number of carbonyl (C=O) groups is 1. The number of hydrogen-bond acceptors (Lipinski definition) is 4. The van der Waals surface area contributed by atoms with E-state index in [1.165, 1.54) is 15.3 Å². The Kier molecular flexibility index (Phi) is 3.76. The van der Waals surface area contributed by atoms with E-state index < -0.39 is 5.91 Å². The molecule has 5 heteroatoms. The first kappa shape index (κ1) is 13.4. The molecule has 0 aliphatic carbocycles. The van der Waals surface area contributed by atoms with Crippen molar-refractivity contribution in [3.8, 4) is 0 Å². The molecule has 5 N–H and O–H groups in total. The first-order valence-electron chi connectivity index (χ1n) is 5.97. The molecule has 0 aliphatic heterocycles. The van der Waals surface area contributed by atoms with Crippen LogP contribution in [0.4, 0.5) is 11.4 Å². The number of nitrogens with two attached hydrogens (primary N) is 2. The first-order chi connectivity index (χ1) is 8.99. The summed E-state index contributed by atoms with van der Waals surface area (Å²) in [5.74, 6) is -0.478. The summed E-state index contributed by atoms with van der Waals surface area (Å²) in [6.07, 6.45) is 0. The van der Waals surface area contributed by atoms with Gasteiger partial charge in [0, 0.05) is 16.3 Å². The van der Waals surface area contributed by atoms with E-state index in [1.807, 2.05) is 0 Å². The second-order valence-electron chi connectivity index (χ2n) is 4.44. The monoisotopic (exact) mass is 275 g/mol. The summed E-state index contributed by atoms with van der Waals surface area (Å²) in [4.78, 5) is 13.9. The zero-order valence-corrected chi connectivity index (χ0v) is 11.8. The van der Waals surface area contributed by atoms with Crippen LogP contribution in [0.3, 0.4) is 0 Å². The Balaban J connectivity index is 2.21. The molecule has 4 nitrogen and oxygen atoms in total. The summed E-state index contributed by atoms with van der Waals surface area (Å²) < 4.78 is 0. The smallest absolute Gasteiger partial charge is 0.250 e. The maximum atomic E-state index is 11.4. The molecule has 2 rings (SSSR count). The Hall–Kier alpha value is -2.01. The topological polar surface area (TPSA) is 81.1 Å². The molecule has 19 heavy (non-hydrogen) atoms. The predicted octanol–water partition coefficient (Wildman–Crippen LogP) is 2.66. The number of rotatable bonds is 4. The molecule has 1 amide bonds. The van der Waals surface area contributed by atoms with E-state index in [1.54, 1.807) is 29.5 Å². The highest BCUT2D eigenvalue weighted by atomic mass is 32.1. The van der Waals surface area contributed by atoms with E-state index in [-0.39, 0.29) is 0 Å². The van der Waals surface area contributed by atoms with Gasteiger partial charge in [-0.25, -0.2) is 0 Å². The first-order valence-corrected chi connectivity index (χ1v) is 6.78. The van der Waals surface area contributed by atoms with E-state index in [2.05, 4.69) is 25.2 Å². The minimum atomic E-state index is -0.478. The third kappa shape index (κ3) is 2.88. The lowest BCUT2D eigenvalue weighted by atomic mass is 10.1. The van der Waals surface area contributed by atoms with Crippen molar-refractivity contribution >= 4 is 28.6 Å². The second-order valence-corrected chi connectivity index (χ2v) is 5.78. The second kappa shape index (κ2) is 5.32. The van der Waals surface area contributed by atoms with Crippen molar-refractivity contribution in [3.63, 3.8) is 0 Å². The van der Waals surface area contributed by atoms with Gasteiger partial charge in [-0.2, -0.15) is 0 Å². The van der Waals surface area contributed by atoms with Crippen LogP contribution in [0.25, 0.3) is 0 Å². The molecule has 0 aliphatic rings. The standard InChI is InChI=1S/C14H17N3OS/c1-8-6-10(19-9(8)2)7-17-13-11(14(16)18)4-3-5-12(13)15/h3-6,17H,7,15H2,1-2H3,(H2,16,18). The number of nitrogen functional groups attached to an aromatic ring is 1. The molecule has 1 aromatic heterocycles. The zero-order valence-electron chi connectivity index (χ0n) is 11.0. The van der Waals surface area contributed by atoms with Crippen molar-refractivity contribution in [2.75, 3.05) is 11.1 Å². The van der Waals surface area contributed by atoms with Crippen molar-refractivity contribution < 1.29 is 4.79 Å². The number of amides is 1. The summed E-state index contributed by atoms with van der Waals surface area (Å²) in [6.45, 7) is 4.81. The molecule has 0 unspecified atom stereocenters. The highest BCUT2D eigenvalue weighted by Crippen LogP contribution is 2.26. The summed E-state index contributed by atoms with van der Waals surface area (Å²) in [7, 11) is 0. The summed E-state index contributed by atoms with van der Waals surface area (Å²) in [6, 6.07) is 7.28. The van der Waals surface area contributed by atoms with Gasteiger partial charge >= 0.3 is 0 Å². The van der Waals surface area contributed by atoms with Gasteiger partial charge in [-0.05, 0) is 37.6 Å². The van der Waals surface area contributed by atoms with Crippen molar-refractivity contribution in [2.24, 2.45) is 5.73 Å². The molecular weight excluding hydrogens is 258 g/mol. The van der Waals surface area contributed by atoms with Crippen molar-refractivity contribution in [1.29, 1.82) is 0 Å². The van der Waals surface area contributed by atoms with Crippen LogP contribution in [0.5, 0.6) is 0 Å². The minimum Gasteiger partial charge on any atom is -0.397 e. The molecule has 1 aromatic carbocycles. The van der Waals surface area contributed by atoms with Crippen LogP contribution in [0.15, 0.2) is 24.3 Å². The van der Waals surface area contributed by atoms with Gasteiger partial charge in [0.2, 0.25) is 0 Å². The zero-order chi connectivity index (χ0) is 14.0. The van der Waals surface area contributed by atoms with E-state index >= 15 is 0 Å². The number of hydrogen-bond donors (Lipinski definition) is 3. The predicted molar refractivity (Wildman–Crippen MR) is 80.5 cm³/mol. The van der Waals surface area contributed by atoms with Gasteiger partial charge in [-0.1, -0.05) is 6.07 Å². The van der Waals surface area contributed by atoms with E-state index in [0.29, 0.717) is 23.5 Å². The van der Waals surface area contributed by atoms with Crippen LogP contribution in [0.2, 0.25) is 0 Å². The number of para-hydroxylation sites is 1. The molecule has 0 bridgehead atoms.